The van der Waals surface area contributed by atoms with Gasteiger partial charge in [0.2, 0.25) is 5.82 Å². The first-order valence-electron chi connectivity index (χ1n) is 9.17. The van der Waals surface area contributed by atoms with Gasteiger partial charge in [-0.05, 0) is 67.2 Å². The van der Waals surface area contributed by atoms with Gasteiger partial charge in [-0.15, -0.1) is 6.58 Å². The van der Waals surface area contributed by atoms with Crippen molar-refractivity contribution in [3.8, 4) is 28.0 Å². The Labute approximate surface area is 151 Å². The average molecular weight is 358 g/mol. The summed E-state index contributed by atoms with van der Waals surface area (Å²) in [6, 6.07) is 5.09. The SMILES string of the molecule is C=CC1CCC(c2ccc3c(c2F)-c2c-3cc(OCC)c(F)c2F)CC1. The maximum absolute atomic E-state index is 15.2. The van der Waals surface area contributed by atoms with Gasteiger partial charge in [-0.1, -0.05) is 18.2 Å². The zero-order chi connectivity index (χ0) is 18.4. The molecule has 0 bridgehead atoms. The molecule has 2 aromatic rings. The first-order valence-corrected chi connectivity index (χ1v) is 9.17. The standard InChI is InChI=1S/C22H21F3O/c1-3-12-5-7-13(8-6-12)14-9-10-15-16-11-17(26-4-2)21(24)22(25)19(16)18(15)20(14)23/h3,9-13H,1,4-8H2,2H3. The average Bonchev–Trinajstić information content (AvgIpc) is 2.64. The molecule has 1 fully saturated rings. The van der Waals surface area contributed by atoms with E-state index in [1.54, 1.807) is 13.0 Å². The van der Waals surface area contributed by atoms with Gasteiger partial charge >= 0.3 is 0 Å². The van der Waals surface area contributed by atoms with Gasteiger partial charge < -0.3 is 4.74 Å². The molecule has 0 aromatic heterocycles. The molecule has 0 unspecified atom stereocenters. The lowest BCUT2D eigenvalue weighted by molar-refractivity contribution is 0.314. The summed E-state index contributed by atoms with van der Waals surface area (Å²) >= 11 is 0. The summed E-state index contributed by atoms with van der Waals surface area (Å²) in [4.78, 5) is 0. The van der Waals surface area contributed by atoms with E-state index in [2.05, 4.69) is 6.58 Å². The van der Waals surface area contributed by atoms with Gasteiger partial charge in [0, 0.05) is 11.1 Å². The Morgan fingerprint density at radius 2 is 1.69 bits per heavy atom. The van der Waals surface area contributed by atoms with Crippen molar-refractivity contribution in [1.82, 2.24) is 0 Å². The number of hydrogen-bond acceptors (Lipinski definition) is 1. The fourth-order valence-corrected chi connectivity index (χ4v) is 4.30. The molecule has 0 saturated heterocycles. The molecule has 2 aliphatic carbocycles. The maximum atomic E-state index is 15.2. The highest BCUT2D eigenvalue weighted by Gasteiger charge is 2.35. The van der Waals surface area contributed by atoms with Crippen molar-refractivity contribution in [2.24, 2.45) is 5.92 Å². The van der Waals surface area contributed by atoms with Crippen molar-refractivity contribution in [3.63, 3.8) is 0 Å². The Bertz CT molecular complexity index is 880. The zero-order valence-corrected chi connectivity index (χ0v) is 14.7. The van der Waals surface area contributed by atoms with Crippen LogP contribution in [0.4, 0.5) is 13.2 Å². The Morgan fingerprint density at radius 1 is 1.00 bits per heavy atom. The predicted molar refractivity (Wildman–Crippen MR) is 96.8 cm³/mol. The van der Waals surface area contributed by atoms with E-state index in [1.165, 1.54) is 6.07 Å². The van der Waals surface area contributed by atoms with Gasteiger partial charge in [-0.25, -0.2) is 8.78 Å². The maximum Gasteiger partial charge on any atom is 0.201 e. The number of allylic oxidation sites excluding steroid dienone is 1. The molecular formula is C22H21F3O. The minimum atomic E-state index is -1.05. The first-order chi connectivity index (χ1) is 12.6. The summed E-state index contributed by atoms with van der Waals surface area (Å²) in [6.45, 7) is 5.78. The second kappa shape index (κ2) is 6.49. The summed E-state index contributed by atoms with van der Waals surface area (Å²) in [7, 11) is 0. The number of halogens is 3. The smallest absolute Gasteiger partial charge is 0.201 e. The molecule has 136 valence electrons. The molecular weight excluding hydrogens is 337 g/mol. The summed E-state index contributed by atoms with van der Waals surface area (Å²) < 4.78 is 49.0. The predicted octanol–water partition coefficient (Wildman–Crippen LogP) is 6.61. The van der Waals surface area contributed by atoms with Crippen molar-refractivity contribution >= 4 is 0 Å². The van der Waals surface area contributed by atoms with E-state index in [9.17, 15) is 8.78 Å². The molecule has 26 heavy (non-hydrogen) atoms. The third-order valence-electron chi connectivity index (χ3n) is 5.73. The monoisotopic (exact) mass is 358 g/mol. The van der Waals surface area contributed by atoms with Crippen LogP contribution in [0, 0.1) is 23.4 Å². The molecule has 2 aromatic carbocycles. The van der Waals surface area contributed by atoms with Crippen molar-refractivity contribution in [1.29, 1.82) is 0 Å². The van der Waals surface area contributed by atoms with Crippen molar-refractivity contribution in [2.75, 3.05) is 6.61 Å². The van der Waals surface area contributed by atoms with Gasteiger partial charge in [0.15, 0.2) is 11.6 Å². The van der Waals surface area contributed by atoms with E-state index >= 15 is 4.39 Å². The fourth-order valence-electron chi connectivity index (χ4n) is 4.30. The van der Waals surface area contributed by atoms with Gasteiger partial charge in [0.25, 0.3) is 0 Å². The molecule has 0 spiro atoms. The number of rotatable bonds is 4. The lowest BCUT2D eigenvalue weighted by atomic mass is 9.74. The van der Waals surface area contributed by atoms with E-state index in [-0.39, 0.29) is 29.4 Å². The topological polar surface area (TPSA) is 9.23 Å². The van der Waals surface area contributed by atoms with Crippen LogP contribution < -0.4 is 4.74 Å². The van der Waals surface area contributed by atoms with Crippen LogP contribution in [-0.2, 0) is 0 Å². The van der Waals surface area contributed by atoms with Crippen LogP contribution in [0.15, 0.2) is 30.9 Å². The van der Waals surface area contributed by atoms with Gasteiger partial charge in [-0.2, -0.15) is 4.39 Å². The van der Waals surface area contributed by atoms with Crippen LogP contribution in [0.1, 0.15) is 44.1 Å². The quantitative estimate of drug-likeness (QED) is 0.477. The lowest BCUT2D eigenvalue weighted by Crippen LogP contribution is -2.15. The molecule has 4 heteroatoms. The minimum Gasteiger partial charge on any atom is -0.491 e. The fraction of sp³-hybridized carbons (Fsp3) is 0.364. The second-order valence-corrected chi connectivity index (χ2v) is 7.10. The van der Waals surface area contributed by atoms with E-state index < -0.39 is 17.5 Å². The summed E-state index contributed by atoms with van der Waals surface area (Å²) in [5.74, 6) is -1.99. The van der Waals surface area contributed by atoms with Gasteiger partial charge in [-0.3, -0.25) is 0 Å². The highest BCUT2D eigenvalue weighted by atomic mass is 19.2. The minimum absolute atomic E-state index is 0.0417. The molecule has 0 N–H and O–H groups in total. The van der Waals surface area contributed by atoms with E-state index in [1.807, 2.05) is 12.1 Å². The first kappa shape index (κ1) is 17.2. The van der Waals surface area contributed by atoms with Crippen LogP contribution in [0.5, 0.6) is 5.75 Å². The van der Waals surface area contributed by atoms with E-state index in [0.29, 0.717) is 22.6 Å². The lowest BCUT2D eigenvalue weighted by Gasteiger charge is -2.31. The summed E-state index contributed by atoms with van der Waals surface area (Å²) in [5.41, 5.74) is 2.01. The van der Waals surface area contributed by atoms with Crippen LogP contribution in [-0.4, -0.2) is 6.61 Å². The largest absolute Gasteiger partial charge is 0.491 e. The third kappa shape index (κ3) is 2.46. The molecule has 1 saturated carbocycles. The summed E-state index contributed by atoms with van der Waals surface area (Å²) in [6.07, 6.45) is 5.72. The molecule has 2 aliphatic rings. The Balaban J connectivity index is 1.72. The van der Waals surface area contributed by atoms with E-state index in [4.69, 9.17) is 4.74 Å². The highest BCUT2D eigenvalue weighted by molar-refractivity contribution is 6.03. The molecule has 0 heterocycles. The normalized spacial score (nSPS) is 20.8. The number of hydrogen-bond donors (Lipinski definition) is 0. The number of benzene rings is 2. The molecule has 0 radical (unpaired) electrons. The molecule has 0 atom stereocenters. The van der Waals surface area contributed by atoms with Crippen LogP contribution in [0.3, 0.4) is 0 Å². The molecule has 0 aliphatic heterocycles. The van der Waals surface area contributed by atoms with Crippen molar-refractivity contribution in [2.45, 2.75) is 38.5 Å². The molecule has 1 nitrogen and oxygen atoms in total. The van der Waals surface area contributed by atoms with Crippen molar-refractivity contribution in [3.05, 3.63) is 53.9 Å². The Kier molecular flexibility index (Phi) is 4.29. The molecule has 4 rings (SSSR count). The number of fused-ring (bicyclic) bond motifs is 4. The Morgan fingerprint density at radius 3 is 2.35 bits per heavy atom. The Hall–Kier alpha value is -2.23. The number of ether oxygens (including phenoxy) is 1. The molecule has 0 amide bonds. The zero-order valence-electron chi connectivity index (χ0n) is 14.7. The van der Waals surface area contributed by atoms with Crippen molar-refractivity contribution < 1.29 is 17.9 Å². The highest BCUT2D eigenvalue weighted by Crippen LogP contribution is 2.54. The van der Waals surface area contributed by atoms with E-state index in [0.717, 1.165) is 25.7 Å². The summed E-state index contributed by atoms with van der Waals surface area (Å²) in [5, 5.41) is 0. The van der Waals surface area contributed by atoms with Crippen LogP contribution >= 0.6 is 0 Å². The van der Waals surface area contributed by atoms with Crippen LogP contribution in [0.2, 0.25) is 0 Å². The van der Waals surface area contributed by atoms with Crippen LogP contribution in [0.25, 0.3) is 22.3 Å². The van der Waals surface area contributed by atoms with Gasteiger partial charge in [0.05, 0.1) is 6.61 Å². The van der Waals surface area contributed by atoms with Gasteiger partial charge in [0.1, 0.15) is 5.82 Å². The second-order valence-electron chi connectivity index (χ2n) is 7.10. The third-order valence-corrected chi connectivity index (χ3v) is 5.73.